The van der Waals surface area contributed by atoms with Crippen molar-refractivity contribution < 1.29 is 4.74 Å². The third-order valence-electron chi connectivity index (χ3n) is 4.27. The third-order valence-corrected chi connectivity index (χ3v) is 4.27. The number of anilines is 3. The summed E-state index contributed by atoms with van der Waals surface area (Å²) >= 11 is 0. The molecule has 5 heteroatoms. The number of aryl methyl sites for hydroxylation is 2. The summed E-state index contributed by atoms with van der Waals surface area (Å²) in [6.45, 7) is 8.70. The van der Waals surface area contributed by atoms with Gasteiger partial charge in [-0.15, -0.1) is 0 Å². The first kappa shape index (κ1) is 16.7. The molecular formula is C19H26N4O. The van der Waals surface area contributed by atoms with Gasteiger partial charge >= 0.3 is 0 Å². The zero-order valence-electron chi connectivity index (χ0n) is 14.7. The molecule has 1 unspecified atom stereocenters. The van der Waals surface area contributed by atoms with Gasteiger partial charge in [0.25, 0.3) is 0 Å². The van der Waals surface area contributed by atoms with E-state index in [9.17, 15) is 0 Å². The van der Waals surface area contributed by atoms with Crippen LogP contribution in [0.25, 0.3) is 0 Å². The van der Waals surface area contributed by atoms with Crippen molar-refractivity contribution in [2.45, 2.75) is 39.7 Å². The summed E-state index contributed by atoms with van der Waals surface area (Å²) in [5, 5.41) is 3.41. The van der Waals surface area contributed by atoms with Crippen molar-refractivity contribution in [1.29, 1.82) is 0 Å². The van der Waals surface area contributed by atoms with E-state index in [0.717, 1.165) is 55.7 Å². The highest BCUT2D eigenvalue weighted by atomic mass is 16.5. The summed E-state index contributed by atoms with van der Waals surface area (Å²) in [7, 11) is 0. The van der Waals surface area contributed by atoms with Gasteiger partial charge in [-0.2, -0.15) is 0 Å². The van der Waals surface area contributed by atoms with Gasteiger partial charge in [-0.25, -0.2) is 9.97 Å². The molecule has 2 heterocycles. The van der Waals surface area contributed by atoms with Crippen LogP contribution in [-0.4, -0.2) is 35.8 Å². The van der Waals surface area contributed by atoms with Gasteiger partial charge in [0.15, 0.2) is 0 Å². The highest BCUT2D eigenvalue weighted by molar-refractivity contribution is 5.63. The molecule has 1 aliphatic heterocycles. The predicted molar refractivity (Wildman–Crippen MR) is 98.1 cm³/mol. The number of nitrogens with zero attached hydrogens (tertiary/aromatic N) is 3. The Bertz CT molecular complexity index is 683. The molecule has 5 nitrogen and oxygen atoms in total. The highest BCUT2D eigenvalue weighted by Gasteiger charge is 2.16. The van der Waals surface area contributed by atoms with Crippen molar-refractivity contribution in [2.75, 3.05) is 29.9 Å². The number of aromatic nitrogens is 2. The van der Waals surface area contributed by atoms with Crippen molar-refractivity contribution in [3.8, 4) is 0 Å². The standard InChI is InChI=1S/C19H26N4O/c1-4-23(16-8-5-7-14(2)11-16)19-12-18(21-15(3)22-19)20-13-17-9-6-10-24-17/h5,7-8,11-12,17H,4,6,9-10,13H2,1-3H3,(H,20,21,22). The normalized spacial score (nSPS) is 17.0. The lowest BCUT2D eigenvalue weighted by Gasteiger charge is -2.23. The van der Waals surface area contributed by atoms with Crippen LogP contribution in [0.15, 0.2) is 30.3 Å². The average Bonchev–Trinajstić information content (AvgIpc) is 3.07. The second-order valence-electron chi connectivity index (χ2n) is 6.26. The quantitative estimate of drug-likeness (QED) is 0.874. The Kier molecular flexibility index (Phi) is 5.30. The smallest absolute Gasteiger partial charge is 0.138 e. The van der Waals surface area contributed by atoms with Gasteiger partial charge in [-0.3, -0.25) is 0 Å². The fourth-order valence-corrected chi connectivity index (χ4v) is 3.08. The van der Waals surface area contributed by atoms with Crippen LogP contribution < -0.4 is 10.2 Å². The molecule has 3 rings (SSSR count). The molecular weight excluding hydrogens is 300 g/mol. The van der Waals surface area contributed by atoms with E-state index < -0.39 is 0 Å². The lowest BCUT2D eigenvalue weighted by atomic mass is 10.2. The van der Waals surface area contributed by atoms with Crippen LogP contribution in [0.1, 0.15) is 31.2 Å². The average molecular weight is 326 g/mol. The number of ether oxygens (including phenoxy) is 1. The maximum atomic E-state index is 5.67. The lowest BCUT2D eigenvalue weighted by molar-refractivity contribution is 0.120. The Labute approximate surface area is 144 Å². The summed E-state index contributed by atoms with van der Waals surface area (Å²) in [6, 6.07) is 10.5. The summed E-state index contributed by atoms with van der Waals surface area (Å²) in [5.74, 6) is 2.55. The number of hydrogen-bond donors (Lipinski definition) is 1. The molecule has 1 fully saturated rings. The van der Waals surface area contributed by atoms with Gasteiger partial charge in [0, 0.05) is 31.5 Å². The van der Waals surface area contributed by atoms with Crippen molar-refractivity contribution in [1.82, 2.24) is 9.97 Å². The lowest BCUT2D eigenvalue weighted by Crippen LogP contribution is -2.21. The predicted octanol–water partition coefficient (Wildman–Crippen LogP) is 3.84. The fraction of sp³-hybridized carbons (Fsp3) is 0.474. The molecule has 128 valence electrons. The van der Waals surface area contributed by atoms with Gasteiger partial charge in [0.1, 0.15) is 17.5 Å². The van der Waals surface area contributed by atoms with Crippen LogP contribution in [0.2, 0.25) is 0 Å². The van der Waals surface area contributed by atoms with Crippen LogP contribution >= 0.6 is 0 Å². The SMILES string of the molecule is CCN(c1cccc(C)c1)c1cc(NCC2CCCO2)nc(C)n1. The van der Waals surface area contributed by atoms with E-state index in [0.29, 0.717) is 6.10 Å². The molecule has 1 saturated heterocycles. The molecule has 24 heavy (non-hydrogen) atoms. The van der Waals surface area contributed by atoms with E-state index in [-0.39, 0.29) is 0 Å². The van der Waals surface area contributed by atoms with Crippen LogP contribution in [-0.2, 0) is 4.74 Å². The maximum absolute atomic E-state index is 5.67. The molecule has 0 spiro atoms. The molecule has 0 amide bonds. The van der Waals surface area contributed by atoms with Crippen molar-refractivity contribution >= 4 is 17.3 Å². The minimum atomic E-state index is 0.294. The molecule has 1 aliphatic rings. The van der Waals surface area contributed by atoms with Crippen LogP contribution in [0.3, 0.4) is 0 Å². The summed E-state index contributed by atoms with van der Waals surface area (Å²) in [4.78, 5) is 11.4. The van der Waals surface area contributed by atoms with E-state index in [2.05, 4.69) is 58.3 Å². The zero-order chi connectivity index (χ0) is 16.9. The Morgan fingerprint density at radius 3 is 2.83 bits per heavy atom. The van der Waals surface area contributed by atoms with Crippen LogP contribution in [0.5, 0.6) is 0 Å². The van der Waals surface area contributed by atoms with Gasteiger partial charge in [0.05, 0.1) is 6.10 Å². The summed E-state index contributed by atoms with van der Waals surface area (Å²) in [5.41, 5.74) is 2.40. The van der Waals surface area contributed by atoms with Crippen LogP contribution in [0.4, 0.5) is 17.3 Å². The third kappa shape index (κ3) is 4.03. The summed E-state index contributed by atoms with van der Waals surface area (Å²) in [6.07, 6.45) is 2.56. The number of nitrogens with one attached hydrogen (secondary N) is 1. The Hall–Kier alpha value is -2.14. The molecule has 1 N–H and O–H groups in total. The minimum Gasteiger partial charge on any atom is -0.376 e. The molecule has 0 saturated carbocycles. The number of benzene rings is 1. The van der Waals surface area contributed by atoms with Gasteiger partial charge in [0.2, 0.25) is 0 Å². The van der Waals surface area contributed by atoms with Crippen molar-refractivity contribution in [3.05, 3.63) is 41.7 Å². The van der Waals surface area contributed by atoms with E-state index in [4.69, 9.17) is 4.74 Å². The van der Waals surface area contributed by atoms with Crippen LogP contribution in [0, 0.1) is 13.8 Å². The molecule has 0 bridgehead atoms. The van der Waals surface area contributed by atoms with E-state index in [1.54, 1.807) is 0 Å². The zero-order valence-corrected chi connectivity index (χ0v) is 14.7. The van der Waals surface area contributed by atoms with E-state index in [1.165, 1.54) is 5.56 Å². The first-order chi connectivity index (χ1) is 11.7. The number of rotatable bonds is 6. The monoisotopic (exact) mass is 326 g/mol. The fourth-order valence-electron chi connectivity index (χ4n) is 3.08. The molecule has 0 radical (unpaired) electrons. The topological polar surface area (TPSA) is 50.3 Å². The van der Waals surface area contributed by atoms with Gasteiger partial charge in [-0.1, -0.05) is 12.1 Å². The first-order valence-electron chi connectivity index (χ1n) is 8.71. The summed E-state index contributed by atoms with van der Waals surface area (Å²) < 4.78 is 5.67. The molecule has 0 aliphatic carbocycles. The molecule has 2 aromatic rings. The van der Waals surface area contributed by atoms with E-state index in [1.807, 2.05) is 13.0 Å². The molecule has 1 aromatic carbocycles. The van der Waals surface area contributed by atoms with Gasteiger partial charge in [-0.05, 0) is 51.3 Å². The van der Waals surface area contributed by atoms with Crippen molar-refractivity contribution in [2.24, 2.45) is 0 Å². The van der Waals surface area contributed by atoms with Crippen molar-refractivity contribution in [3.63, 3.8) is 0 Å². The highest BCUT2D eigenvalue weighted by Crippen LogP contribution is 2.26. The molecule has 1 atom stereocenters. The maximum Gasteiger partial charge on any atom is 0.138 e. The first-order valence-corrected chi connectivity index (χ1v) is 8.71. The van der Waals surface area contributed by atoms with E-state index >= 15 is 0 Å². The van der Waals surface area contributed by atoms with Gasteiger partial charge < -0.3 is 15.0 Å². The minimum absolute atomic E-state index is 0.294. The second-order valence-corrected chi connectivity index (χ2v) is 6.26. The molecule has 1 aromatic heterocycles. The largest absolute Gasteiger partial charge is 0.376 e. The number of hydrogen-bond acceptors (Lipinski definition) is 5. The second kappa shape index (κ2) is 7.62. The Balaban J connectivity index is 1.80. The Morgan fingerprint density at radius 2 is 2.12 bits per heavy atom. The Morgan fingerprint density at radius 1 is 1.25 bits per heavy atom.